The first-order valence-corrected chi connectivity index (χ1v) is 8.92. The largest absolute Gasteiger partial charge is 0.495 e. The molecule has 2 heterocycles. The number of carbonyl (C=O) groups excluding carboxylic acids is 2. The smallest absolute Gasteiger partial charge is 0.264 e. The molecule has 0 saturated carbocycles. The molecule has 10 nitrogen and oxygen atoms in total. The molecule has 1 N–H and O–H groups in total. The maximum atomic E-state index is 12.5. The summed E-state index contributed by atoms with van der Waals surface area (Å²) in [4.78, 5) is 42.6. The molecule has 0 saturated heterocycles. The van der Waals surface area contributed by atoms with Crippen LogP contribution in [0.4, 0.5) is 5.69 Å². The first kappa shape index (κ1) is 20.3. The minimum Gasteiger partial charge on any atom is -0.495 e. The topological polar surface area (TPSA) is 111 Å². The van der Waals surface area contributed by atoms with Gasteiger partial charge in [-0.3, -0.25) is 23.6 Å². The van der Waals surface area contributed by atoms with Crippen molar-refractivity contribution in [2.24, 2.45) is 7.05 Å². The molecule has 3 aromatic rings. The van der Waals surface area contributed by atoms with Gasteiger partial charge in [-0.05, 0) is 18.2 Å². The van der Waals surface area contributed by atoms with E-state index in [0.29, 0.717) is 27.5 Å². The van der Waals surface area contributed by atoms with Crippen LogP contribution in [0, 0.1) is 0 Å². The highest BCUT2D eigenvalue weighted by Gasteiger charge is 2.17. The third kappa shape index (κ3) is 4.37. The normalized spacial score (nSPS) is 10.8. The van der Waals surface area contributed by atoms with Crippen LogP contribution in [0.3, 0.4) is 0 Å². The Morgan fingerprint density at radius 2 is 2.10 bits per heavy atom. The van der Waals surface area contributed by atoms with Crippen molar-refractivity contribution in [3.05, 3.63) is 46.1 Å². The third-order valence-corrected chi connectivity index (χ3v) is 4.50. The molecule has 152 valence electrons. The second-order valence-electron chi connectivity index (χ2n) is 6.33. The van der Waals surface area contributed by atoms with Crippen LogP contribution < -0.4 is 15.6 Å². The molecule has 2 aromatic heterocycles. The van der Waals surface area contributed by atoms with Crippen molar-refractivity contribution in [2.45, 2.75) is 6.54 Å². The summed E-state index contributed by atoms with van der Waals surface area (Å²) in [6.45, 7) is -0.466. The van der Waals surface area contributed by atoms with Crippen molar-refractivity contribution in [3.8, 4) is 5.75 Å². The van der Waals surface area contributed by atoms with Gasteiger partial charge >= 0.3 is 0 Å². The van der Waals surface area contributed by atoms with Crippen molar-refractivity contribution in [1.29, 1.82) is 0 Å². The van der Waals surface area contributed by atoms with E-state index >= 15 is 0 Å². The summed E-state index contributed by atoms with van der Waals surface area (Å²) in [7, 11) is 4.61. The van der Waals surface area contributed by atoms with E-state index in [-0.39, 0.29) is 18.6 Å². The highest BCUT2D eigenvalue weighted by Crippen LogP contribution is 2.27. The summed E-state index contributed by atoms with van der Waals surface area (Å²) >= 11 is 5.95. The first-order chi connectivity index (χ1) is 13.8. The van der Waals surface area contributed by atoms with E-state index in [1.165, 1.54) is 40.8 Å². The molecule has 0 aliphatic rings. The Hall–Kier alpha value is -3.40. The number of nitrogens with zero attached hydrogens (tertiary/aromatic N) is 5. The number of carbonyl (C=O) groups is 2. The van der Waals surface area contributed by atoms with E-state index in [1.54, 1.807) is 25.2 Å². The summed E-state index contributed by atoms with van der Waals surface area (Å²) < 4.78 is 7.83. The summed E-state index contributed by atoms with van der Waals surface area (Å²) in [6, 6.07) is 4.81. The molecule has 0 unspecified atom stereocenters. The summed E-state index contributed by atoms with van der Waals surface area (Å²) in [6.07, 6.45) is 2.69. The zero-order valence-corrected chi connectivity index (χ0v) is 16.8. The van der Waals surface area contributed by atoms with Gasteiger partial charge in [0, 0.05) is 19.1 Å². The fraction of sp³-hybridized carbons (Fsp3) is 0.278. The van der Waals surface area contributed by atoms with E-state index in [9.17, 15) is 14.4 Å². The number of nitrogens with one attached hydrogen (secondary N) is 1. The molecule has 0 aliphatic carbocycles. The highest BCUT2D eigenvalue weighted by atomic mass is 35.5. The van der Waals surface area contributed by atoms with Gasteiger partial charge in [0.15, 0.2) is 5.65 Å². The molecule has 0 fully saturated rings. The molecule has 0 atom stereocenters. The number of hydrogen-bond donors (Lipinski definition) is 1. The monoisotopic (exact) mass is 418 g/mol. The van der Waals surface area contributed by atoms with Gasteiger partial charge in [0.2, 0.25) is 11.8 Å². The predicted octanol–water partition coefficient (Wildman–Crippen LogP) is 0.889. The Morgan fingerprint density at radius 3 is 2.83 bits per heavy atom. The minimum absolute atomic E-state index is 0.216. The zero-order valence-electron chi connectivity index (χ0n) is 16.0. The van der Waals surface area contributed by atoms with Crippen molar-refractivity contribution in [1.82, 2.24) is 24.2 Å². The van der Waals surface area contributed by atoms with Gasteiger partial charge in [-0.2, -0.15) is 5.10 Å². The number of aryl methyl sites for hydroxylation is 1. The first-order valence-electron chi connectivity index (χ1n) is 8.54. The van der Waals surface area contributed by atoms with Crippen molar-refractivity contribution in [2.75, 3.05) is 26.0 Å². The third-order valence-electron chi connectivity index (χ3n) is 4.27. The summed E-state index contributed by atoms with van der Waals surface area (Å²) in [5, 5.41) is 7.39. The number of hydrogen-bond acceptors (Lipinski definition) is 6. The number of ether oxygens (including phenoxy) is 1. The van der Waals surface area contributed by atoms with Crippen LogP contribution in [0.1, 0.15) is 0 Å². The minimum atomic E-state index is -0.436. The Labute approximate surface area is 170 Å². The maximum Gasteiger partial charge on any atom is 0.264 e. The van der Waals surface area contributed by atoms with Crippen LogP contribution in [-0.4, -0.2) is 56.7 Å². The standard InChI is InChI=1S/C18H19ClN6O4/c1-23(8-15(26)22-13-6-11(19)4-5-14(13)29-3)16(27)9-25-10-20-17-12(18(25)28)7-21-24(17)2/h4-7,10H,8-9H2,1-3H3,(H,22,26). The number of likely N-dealkylation sites (N-methyl/N-ethyl adjacent to an activating group) is 1. The van der Waals surface area contributed by atoms with Gasteiger partial charge in [0.25, 0.3) is 5.56 Å². The lowest BCUT2D eigenvalue weighted by Gasteiger charge is -2.18. The average Bonchev–Trinajstić information content (AvgIpc) is 3.05. The number of fused-ring (bicyclic) bond motifs is 1. The van der Waals surface area contributed by atoms with Gasteiger partial charge < -0.3 is 15.0 Å². The fourth-order valence-electron chi connectivity index (χ4n) is 2.72. The number of benzene rings is 1. The second-order valence-corrected chi connectivity index (χ2v) is 6.76. The highest BCUT2D eigenvalue weighted by molar-refractivity contribution is 6.31. The van der Waals surface area contributed by atoms with Gasteiger partial charge in [-0.25, -0.2) is 4.98 Å². The number of methoxy groups -OCH3 is 1. The number of halogens is 1. The predicted molar refractivity (Wildman–Crippen MR) is 107 cm³/mol. The Kier molecular flexibility index (Phi) is 5.83. The molecular formula is C18H19ClN6O4. The van der Waals surface area contributed by atoms with Gasteiger partial charge in [-0.15, -0.1) is 0 Å². The van der Waals surface area contributed by atoms with Crippen LogP contribution in [-0.2, 0) is 23.2 Å². The van der Waals surface area contributed by atoms with E-state index in [4.69, 9.17) is 16.3 Å². The Balaban J connectivity index is 1.66. The maximum absolute atomic E-state index is 12.5. The van der Waals surface area contributed by atoms with Crippen molar-refractivity contribution >= 4 is 40.1 Å². The molecule has 0 radical (unpaired) electrons. The molecular weight excluding hydrogens is 400 g/mol. The molecule has 2 amide bonds. The quantitative estimate of drug-likeness (QED) is 0.636. The van der Waals surface area contributed by atoms with E-state index in [1.807, 2.05) is 0 Å². The van der Waals surface area contributed by atoms with Gasteiger partial charge in [-0.1, -0.05) is 11.6 Å². The number of anilines is 1. The van der Waals surface area contributed by atoms with Gasteiger partial charge in [0.05, 0.1) is 25.5 Å². The Morgan fingerprint density at radius 1 is 1.34 bits per heavy atom. The molecule has 11 heteroatoms. The van der Waals surface area contributed by atoms with Crippen molar-refractivity contribution < 1.29 is 14.3 Å². The van der Waals surface area contributed by atoms with E-state index in [0.717, 1.165) is 0 Å². The second kappa shape index (κ2) is 8.31. The lowest BCUT2D eigenvalue weighted by Crippen LogP contribution is -2.38. The molecule has 0 bridgehead atoms. The SMILES string of the molecule is COc1ccc(Cl)cc1NC(=O)CN(C)C(=O)Cn1cnc2c(cnn2C)c1=O. The average molecular weight is 419 g/mol. The van der Waals surface area contributed by atoms with E-state index in [2.05, 4.69) is 15.4 Å². The molecule has 29 heavy (non-hydrogen) atoms. The summed E-state index contributed by atoms with van der Waals surface area (Å²) in [5.74, 6) is -0.418. The van der Waals surface area contributed by atoms with Crippen LogP contribution in [0.25, 0.3) is 11.0 Å². The van der Waals surface area contributed by atoms with Crippen LogP contribution in [0.15, 0.2) is 35.5 Å². The van der Waals surface area contributed by atoms with E-state index < -0.39 is 11.8 Å². The number of aromatic nitrogens is 4. The van der Waals surface area contributed by atoms with Crippen molar-refractivity contribution in [3.63, 3.8) is 0 Å². The summed E-state index contributed by atoms with van der Waals surface area (Å²) in [5.41, 5.74) is 0.452. The van der Waals surface area contributed by atoms with Crippen LogP contribution in [0.5, 0.6) is 5.75 Å². The molecule has 1 aromatic carbocycles. The van der Waals surface area contributed by atoms with Gasteiger partial charge in [0.1, 0.15) is 24.0 Å². The Bertz CT molecular complexity index is 1140. The lowest BCUT2D eigenvalue weighted by molar-refractivity contribution is -0.133. The molecule has 0 aliphatic heterocycles. The number of amides is 2. The lowest BCUT2D eigenvalue weighted by atomic mass is 10.3. The van der Waals surface area contributed by atoms with Crippen LogP contribution in [0.2, 0.25) is 5.02 Å². The fourth-order valence-corrected chi connectivity index (χ4v) is 2.89. The molecule has 3 rings (SSSR count). The number of rotatable bonds is 6. The van der Waals surface area contributed by atoms with Crippen LogP contribution >= 0.6 is 11.6 Å². The molecule has 0 spiro atoms. The zero-order chi connectivity index (χ0) is 21.1.